The lowest BCUT2D eigenvalue weighted by Crippen LogP contribution is -2.41. The number of rotatable bonds is 10. The minimum absolute atomic E-state index is 0.226. The van der Waals surface area contributed by atoms with Crippen LogP contribution >= 0.6 is 15.9 Å². The highest BCUT2D eigenvalue weighted by molar-refractivity contribution is 9.10. The zero-order valence-electron chi connectivity index (χ0n) is 16.5. The van der Waals surface area contributed by atoms with E-state index in [1.54, 1.807) is 18.2 Å². The summed E-state index contributed by atoms with van der Waals surface area (Å²) in [5.74, 6) is 1.03. The molecule has 156 valence electrons. The Labute approximate surface area is 178 Å². The predicted molar refractivity (Wildman–Crippen MR) is 113 cm³/mol. The number of hydrazine groups is 1. The summed E-state index contributed by atoms with van der Waals surface area (Å²) in [6, 6.07) is 12.3. The fourth-order valence-corrected chi connectivity index (χ4v) is 2.62. The molecule has 7 nitrogen and oxygen atoms in total. The van der Waals surface area contributed by atoms with Crippen LogP contribution in [0.5, 0.6) is 17.2 Å². The van der Waals surface area contributed by atoms with E-state index in [1.165, 1.54) is 7.11 Å². The first-order valence-corrected chi connectivity index (χ1v) is 10.1. The van der Waals surface area contributed by atoms with E-state index < -0.39 is 5.91 Å². The molecular formula is C21H25BrN2O5. The smallest absolute Gasteiger partial charge is 0.269 e. The molecule has 0 saturated carbocycles. The third-order valence-corrected chi connectivity index (χ3v) is 4.36. The van der Waals surface area contributed by atoms with Gasteiger partial charge in [0.1, 0.15) is 5.75 Å². The average Bonchev–Trinajstić information content (AvgIpc) is 2.74. The summed E-state index contributed by atoms with van der Waals surface area (Å²) in [6.45, 7) is 2.97. The lowest BCUT2D eigenvalue weighted by molar-refractivity contribution is -0.122. The second-order valence-electron chi connectivity index (χ2n) is 6.12. The number of nitrogens with one attached hydrogen (secondary N) is 2. The third kappa shape index (κ3) is 7.65. The van der Waals surface area contributed by atoms with Crippen molar-refractivity contribution in [3.8, 4) is 17.2 Å². The second-order valence-corrected chi connectivity index (χ2v) is 7.04. The van der Waals surface area contributed by atoms with Crippen molar-refractivity contribution in [2.24, 2.45) is 0 Å². The van der Waals surface area contributed by atoms with Gasteiger partial charge in [0.25, 0.3) is 5.91 Å². The van der Waals surface area contributed by atoms with Crippen LogP contribution in [0.3, 0.4) is 0 Å². The van der Waals surface area contributed by atoms with Crippen LogP contribution in [-0.4, -0.2) is 32.1 Å². The molecule has 0 heterocycles. The van der Waals surface area contributed by atoms with Crippen LogP contribution in [0.2, 0.25) is 0 Å². The van der Waals surface area contributed by atoms with Crippen molar-refractivity contribution in [3.05, 3.63) is 52.5 Å². The van der Waals surface area contributed by atoms with Crippen molar-refractivity contribution in [1.29, 1.82) is 0 Å². The fraction of sp³-hybridized carbons (Fsp3) is 0.333. The molecule has 2 rings (SSSR count). The maximum atomic E-state index is 12.2. The second kappa shape index (κ2) is 12.0. The van der Waals surface area contributed by atoms with Gasteiger partial charge in [-0.15, -0.1) is 0 Å². The number of ether oxygens (including phenoxy) is 3. The van der Waals surface area contributed by atoms with Gasteiger partial charge in [-0.3, -0.25) is 20.4 Å². The Balaban J connectivity index is 1.73. The molecule has 8 heteroatoms. The minimum Gasteiger partial charge on any atom is -0.494 e. The highest BCUT2D eigenvalue weighted by atomic mass is 79.9. The van der Waals surface area contributed by atoms with Crippen molar-refractivity contribution < 1.29 is 23.8 Å². The van der Waals surface area contributed by atoms with Gasteiger partial charge in [0.15, 0.2) is 11.5 Å². The van der Waals surface area contributed by atoms with Crippen molar-refractivity contribution in [3.63, 3.8) is 0 Å². The monoisotopic (exact) mass is 464 g/mol. The van der Waals surface area contributed by atoms with Crippen molar-refractivity contribution in [2.75, 3.05) is 20.3 Å². The molecule has 2 amide bonds. The van der Waals surface area contributed by atoms with E-state index in [1.807, 2.05) is 31.2 Å². The van der Waals surface area contributed by atoms with Crippen molar-refractivity contribution in [1.82, 2.24) is 10.9 Å². The summed E-state index contributed by atoms with van der Waals surface area (Å²) >= 11 is 3.36. The molecule has 0 aliphatic heterocycles. The molecule has 2 aromatic carbocycles. The molecule has 2 N–H and O–H groups in total. The Morgan fingerprint density at radius 3 is 2.41 bits per heavy atom. The topological polar surface area (TPSA) is 85.9 Å². The maximum Gasteiger partial charge on any atom is 0.269 e. The van der Waals surface area contributed by atoms with E-state index in [2.05, 4.69) is 26.8 Å². The maximum absolute atomic E-state index is 12.2. The molecule has 0 bridgehead atoms. The molecule has 29 heavy (non-hydrogen) atoms. The zero-order chi connectivity index (χ0) is 21.1. The quantitative estimate of drug-likeness (QED) is 0.411. The first-order chi connectivity index (χ1) is 14.0. The summed E-state index contributed by atoms with van der Waals surface area (Å²) < 4.78 is 17.4. The molecule has 0 unspecified atom stereocenters. The van der Waals surface area contributed by atoms with E-state index in [-0.39, 0.29) is 12.3 Å². The fourth-order valence-electron chi connectivity index (χ4n) is 2.35. The van der Waals surface area contributed by atoms with E-state index in [0.717, 1.165) is 16.6 Å². The van der Waals surface area contributed by atoms with Gasteiger partial charge in [0.05, 0.1) is 20.3 Å². The van der Waals surface area contributed by atoms with Gasteiger partial charge in [0.2, 0.25) is 5.91 Å². The zero-order valence-corrected chi connectivity index (χ0v) is 18.1. The van der Waals surface area contributed by atoms with Crippen LogP contribution in [0, 0.1) is 0 Å². The number of hydrogen-bond acceptors (Lipinski definition) is 5. The van der Waals surface area contributed by atoms with E-state index >= 15 is 0 Å². The summed E-state index contributed by atoms with van der Waals surface area (Å²) in [7, 11) is 1.51. The molecule has 0 aliphatic rings. The number of hydrogen-bond donors (Lipinski definition) is 2. The van der Waals surface area contributed by atoms with E-state index in [4.69, 9.17) is 14.2 Å². The molecule has 0 fully saturated rings. The first-order valence-electron chi connectivity index (χ1n) is 9.32. The average molecular weight is 465 g/mol. The third-order valence-electron chi connectivity index (χ3n) is 3.83. The number of halogens is 1. The summed E-state index contributed by atoms with van der Waals surface area (Å²) in [4.78, 5) is 24.1. The summed E-state index contributed by atoms with van der Waals surface area (Å²) in [6.07, 6.45) is 1.62. The number of carbonyl (C=O) groups excluding carboxylic acids is 2. The SMILES string of the molecule is CCCOc1ccc(C(=O)NNC(=O)CCCOc2ccc(Br)cc2)cc1OC. The normalized spacial score (nSPS) is 10.2. The van der Waals surface area contributed by atoms with Gasteiger partial charge in [-0.2, -0.15) is 0 Å². The minimum atomic E-state index is -0.440. The largest absolute Gasteiger partial charge is 0.494 e. The molecule has 0 spiro atoms. The van der Waals surface area contributed by atoms with Crippen LogP contribution < -0.4 is 25.1 Å². The van der Waals surface area contributed by atoms with Gasteiger partial charge in [0, 0.05) is 16.5 Å². The van der Waals surface area contributed by atoms with Crippen molar-refractivity contribution in [2.45, 2.75) is 26.2 Å². The molecule has 2 aromatic rings. The molecule has 0 aliphatic carbocycles. The Kier molecular flexibility index (Phi) is 9.30. The molecular weight excluding hydrogens is 440 g/mol. The standard InChI is InChI=1S/C21H25BrN2O5/c1-3-12-29-18-11-6-15(14-19(18)27-2)21(26)24-23-20(25)5-4-13-28-17-9-7-16(22)8-10-17/h6-11,14H,3-5,12-13H2,1-2H3,(H,23,25)(H,24,26). The van der Waals surface area contributed by atoms with Crippen LogP contribution in [-0.2, 0) is 4.79 Å². The summed E-state index contributed by atoms with van der Waals surface area (Å²) in [5, 5.41) is 0. The number of methoxy groups -OCH3 is 1. The number of amides is 2. The van der Waals surface area contributed by atoms with Crippen LogP contribution in [0.4, 0.5) is 0 Å². The van der Waals surface area contributed by atoms with Crippen LogP contribution in [0.1, 0.15) is 36.5 Å². The van der Waals surface area contributed by atoms with Gasteiger partial charge < -0.3 is 14.2 Å². The first kappa shape index (κ1) is 22.5. The molecule has 0 aromatic heterocycles. The molecule has 0 atom stereocenters. The highest BCUT2D eigenvalue weighted by Crippen LogP contribution is 2.28. The van der Waals surface area contributed by atoms with Crippen LogP contribution in [0.15, 0.2) is 46.9 Å². The Morgan fingerprint density at radius 2 is 1.72 bits per heavy atom. The van der Waals surface area contributed by atoms with Gasteiger partial charge >= 0.3 is 0 Å². The molecule has 0 saturated heterocycles. The summed E-state index contributed by atoms with van der Waals surface area (Å²) in [5.41, 5.74) is 5.15. The lowest BCUT2D eigenvalue weighted by atomic mass is 10.2. The highest BCUT2D eigenvalue weighted by Gasteiger charge is 2.12. The Bertz CT molecular complexity index is 811. The Hall–Kier alpha value is -2.74. The number of benzene rings is 2. The molecule has 0 radical (unpaired) electrons. The number of carbonyl (C=O) groups is 2. The Morgan fingerprint density at radius 1 is 0.966 bits per heavy atom. The van der Waals surface area contributed by atoms with Crippen LogP contribution in [0.25, 0.3) is 0 Å². The lowest BCUT2D eigenvalue weighted by Gasteiger charge is -2.12. The van der Waals surface area contributed by atoms with Gasteiger partial charge in [-0.1, -0.05) is 22.9 Å². The van der Waals surface area contributed by atoms with Crippen molar-refractivity contribution >= 4 is 27.7 Å². The van der Waals surface area contributed by atoms with Gasteiger partial charge in [-0.05, 0) is 55.3 Å². The van der Waals surface area contributed by atoms with Gasteiger partial charge in [-0.25, -0.2) is 0 Å². The van der Waals surface area contributed by atoms with E-state index in [9.17, 15) is 9.59 Å². The predicted octanol–water partition coefficient (Wildman–Crippen LogP) is 3.87. The van der Waals surface area contributed by atoms with E-state index in [0.29, 0.717) is 36.7 Å².